The Labute approximate surface area is 139 Å². The molecule has 3 atom stereocenters. The van der Waals surface area contributed by atoms with Crippen molar-refractivity contribution in [2.24, 2.45) is 0 Å². The molecule has 2 saturated heterocycles. The fraction of sp³-hybridized carbons (Fsp3) is 0.444. The lowest BCUT2D eigenvalue weighted by atomic mass is 9.98. The summed E-state index contributed by atoms with van der Waals surface area (Å²) < 4.78 is 3.44. The number of thiophene rings is 1. The second-order valence-electron chi connectivity index (χ2n) is 6.93. The van der Waals surface area contributed by atoms with Crippen LogP contribution in [0.1, 0.15) is 31.7 Å². The van der Waals surface area contributed by atoms with Crippen LogP contribution in [0.2, 0.25) is 0 Å². The quantitative estimate of drug-likeness (QED) is 0.715. The number of piperidine rings is 1. The van der Waals surface area contributed by atoms with Gasteiger partial charge < -0.3 is 4.90 Å². The maximum atomic E-state index is 4.46. The zero-order chi connectivity index (χ0) is 15.4. The second-order valence-corrected chi connectivity index (χ2v) is 7.88. The van der Waals surface area contributed by atoms with Crippen molar-refractivity contribution in [2.75, 3.05) is 7.05 Å². The summed E-state index contributed by atoms with van der Waals surface area (Å²) in [4.78, 5) is 2.57. The predicted octanol–water partition coefficient (Wildman–Crippen LogP) is 3.96. The van der Waals surface area contributed by atoms with E-state index in [-0.39, 0.29) is 0 Å². The Kier molecular flexibility index (Phi) is 3.06. The smallest absolute Gasteiger partial charge is 0.113 e. The van der Waals surface area contributed by atoms with Crippen LogP contribution in [-0.4, -0.2) is 39.0 Å². The number of aromatic nitrogens is 3. The molecule has 3 aromatic rings. The van der Waals surface area contributed by atoms with E-state index in [1.807, 2.05) is 0 Å². The van der Waals surface area contributed by atoms with Crippen molar-refractivity contribution in [3.63, 3.8) is 0 Å². The standard InChI is InChI=1S/C18H20N4S/c1-21-14-3-4-15(21)10-16(9-14)22-11-17(19-20-22)12-2-5-18-13(8-12)6-7-23-18/h2,5-8,11,14-16H,3-4,9-10H2,1H3/t14-,15?,16?/m1/s1. The van der Waals surface area contributed by atoms with Crippen LogP contribution in [0, 0.1) is 0 Å². The number of nitrogens with zero attached hydrogens (tertiary/aromatic N) is 4. The molecule has 0 N–H and O–H groups in total. The van der Waals surface area contributed by atoms with Crippen molar-refractivity contribution < 1.29 is 0 Å². The van der Waals surface area contributed by atoms with Crippen molar-refractivity contribution in [1.29, 1.82) is 0 Å². The Bertz CT molecular complexity index is 837. The minimum atomic E-state index is 0.509. The van der Waals surface area contributed by atoms with Crippen molar-refractivity contribution in [2.45, 2.75) is 43.8 Å². The van der Waals surface area contributed by atoms with Gasteiger partial charge in [-0.3, -0.25) is 0 Å². The van der Waals surface area contributed by atoms with E-state index in [2.05, 4.69) is 62.8 Å². The van der Waals surface area contributed by atoms with E-state index in [9.17, 15) is 0 Å². The fourth-order valence-corrected chi connectivity index (χ4v) is 5.08. The molecule has 2 unspecified atom stereocenters. The van der Waals surface area contributed by atoms with Gasteiger partial charge in [-0.05, 0) is 61.7 Å². The van der Waals surface area contributed by atoms with Gasteiger partial charge in [-0.1, -0.05) is 11.3 Å². The fourth-order valence-electron chi connectivity index (χ4n) is 4.31. The monoisotopic (exact) mass is 324 g/mol. The summed E-state index contributed by atoms with van der Waals surface area (Å²) >= 11 is 1.78. The number of fused-ring (bicyclic) bond motifs is 3. The molecule has 0 spiro atoms. The molecule has 4 heterocycles. The first-order valence-electron chi connectivity index (χ1n) is 8.39. The first-order chi connectivity index (χ1) is 11.3. The van der Waals surface area contributed by atoms with Crippen molar-refractivity contribution in [1.82, 2.24) is 19.9 Å². The third kappa shape index (κ3) is 2.22. The van der Waals surface area contributed by atoms with Crippen LogP contribution in [-0.2, 0) is 0 Å². The Hall–Kier alpha value is -1.72. The maximum Gasteiger partial charge on any atom is 0.113 e. The highest BCUT2D eigenvalue weighted by Gasteiger charge is 2.39. The highest BCUT2D eigenvalue weighted by molar-refractivity contribution is 7.17. The highest BCUT2D eigenvalue weighted by atomic mass is 32.1. The summed E-state index contributed by atoms with van der Waals surface area (Å²) in [6, 6.07) is 10.7. The van der Waals surface area contributed by atoms with Crippen molar-refractivity contribution in [3.8, 4) is 11.3 Å². The second kappa shape index (κ2) is 5.14. The number of hydrogen-bond acceptors (Lipinski definition) is 4. The first-order valence-corrected chi connectivity index (χ1v) is 9.27. The molecular formula is C18H20N4S. The van der Waals surface area contributed by atoms with Crippen LogP contribution in [0.15, 0.2) is 35.8 Å². The molecule has 2 aliphatic rings. The number of rotatable bonds is 2. The summed E-state index contributed by atoms with van der Waals surface area (Å²) in [6.07, 6.45) is 7.24. The van der Waals surface area contributed by atoms with Gasteiger partial charge in [0.15, 0.2) is 0 Å². The van der Waals surface area contributed by atoms with E-state index in [4.69, 9.17) is 0 Å². The molecule has 5 heteroatoms. The van der Waals surface area contributed by atoms with Crippen molar-refractivity contribution >= 4 is 21.4 Å². The summed E-state index contributed by atoms with van der Waals surface area (Å²) in [6.45, 7) is 0. The Morgan fingerprint density at radius 2 is 1.91 bits per heavy atom. The van der Waals surface area contributed by atoms with Crippen LogP contribution in [0.5, 0.6) is 0 Å². The molecule has 0 amide bonds. The molecule has 23 heavy (non-hydrogen) atoms. The summed E-state index contributed by atoms with van der Waals surface area (Å²) in [5.41, 5.74) is 2.16. The maximum absolute atomic E-state index is 4.46. The molecule has 1 aromatic carbocycles. The van der Waals surface area contributed by atoms with E-state index >= 15 is 0 Å². The lowest BCUT2D eigenvalue weighted by Crippen LogP contribution is -2.40. The average molecular weight is 324 g/mol. The average Bonchev–Trinajstić information content (AvgIpc) is 3.25. The lowest BCUT2D eigenvalue weighted by Gasteiger charge is -2.36. The van der Waals surface area contributed by atoms with E-state index in [0.717, 1.165) is 23.3 Å². The van der Waals surface area contributed by atoms with Gasteiger partial charge in [-0.15, -0.1) is 16.4 Å². The SMILES string of the molecule is CN1C2CC[C@@H]1CC(n1cc(-c3ccc4sccc4c3)nn1)C2. The van der Waals surface area contributed by atoms with Gasteiger partial charge in [0, 0.05) is 22.3 Å². The molecule has 2 aromatic heterocycles. The van der Waals surface area contributed by atoms with Crippen LogP contribution in [0.25, 0.3) is 21.3 Å². The van der Waals surface area contributed by atoms with Crippen LogP contribution < -0.4 is 0 Å². The Morgan fingerprint density at radius 1 is 1.09 bits per heavy atom. The van der Waals surface area contributed by atoms with Gasteiger partial charge in [0.25, 0.3) is 0 Å². The van der Waals surface area contributed by atoms with Gasteiger partial charge in [0.2, 0.25) is 0 Å². The normalized spacial score (nSPS) is 27.8. The number of benzene rings is 1. The highest BCUT2D eigenvalue weighted by Crippen LogP contribution is 2.39. The number of hydrogen-bond donors (Lipinski definition) is 0. The molecule has 2 bridgehead atoms. The van der Waals surface area contributed by atoms with Crippen LogP contribution in [0.4, 0.5) is 0 Å². The minimum Gasteiger partial charge on any atom is -0.300 e. The van der Waals surface area contributed by atoms with E-state index in [0.29, 0.717) is 6.04 Å². The molecule has 0 aliphatic carbocycles. The van der Waals surface area contributed by atoms with Crippen LogP contribution in [0.3, 0.4) is 0 Å². The van der Waals surface area contributed by atoms with Gasteiger partial charge in [-0.2, -0.15) is 0 Å². The van der Waals surface area contributed by atoms with E-state index in [1.54, 1.807) is 11.3 Å². The van der Waals surface area contributed by atoms with Gasteiger partial charge in [-0.25, -0.2) is 4.68 Å². The van der Waals surface area contributed by atoms with Crippen molar-refractivity contribution in [3.05, 3.63) is 35.8 Å². The molecule has 0 radical (unpaired) electrons. The first kappa shape index (κ1) is 13.7. The van der Waals surface area contributed by atoms with Gasteiger partial charge >= 0.3 is 0 Å². The largest absolute Gasteiger partial charge is 0.300 e. The third-order valence-corrected chi connectivity index (χ3v) is 6.60. The zero-order valence-electron chi connectivity index (χ0n) is 13.2. The minimum absolute atomic E-state index is 0.509. The van der Waals surface area contributed by atoms with E-state index < -0.39 is 0 Å². The van der Waals surface area contributed by atoms with Gasteiger partial charge in [0.1, 0.15) is 5.69 Å². The summed E-state index contributed by atoms with van der Waals surface area (Å²) in [7, 11) is 2.28. The molecule has 4 nitrogen and oxygen atoms in total. The zero-order valence-corrected chi connectivity index (χ0v) is 14.0. The Balaban J connectivity index is 1.44. The van der Waals surface area contributed by atoms with E-state index in [1.165, 1.54) is 35.8 Å². The molecule has 0 saturated carbocycles. The van der Waals surface area contributed by atoms with Crippen LogP contribution >= 0.6 is 11.3 Å². The predicted molar refractivity (Wildman–Crippen MR) is 93.7 cm³/mol. The molecule has 2 aliphatic heterocycles. The molecular weight excluding hydrogens is 304 g/mol. The molecule has 2 fully saturated rings. The molecule has 118 valence electrons. The lowest BCUT2D eigenvalue weighted by molar-refractivity contribution is 0.130. The third-order valence-electron chi connectivity index (χ3n) is 5.71. The Morgan fingerprint density at radius 3 is 2.74 bits per heavy atom. The summed E-state index contributed by atoms with van der Waals surface area (Å²) in [5, 5.41) is 12.3. The summed E-state index contributed by atoms with van der Waals surface area (Å²) in [5.74, 6) is 0. The van der Waals surface area contributed by atoms with Gasteiger partial charge in [0.05, 0.1) is 12.2 Å². The topological polar surface area (TPSA) is 34.0 Å². The molecule has 5 rings (SSSR count).